The normalized spacial score (nSPS) is 31.2. The van der Waals surface area contributed by atoms with Crippen LogP contribution in [0.15, 0.2) is 0 Å². The van der Waals surface area contributed by atoms with Crippen LogP contribution in [0, 0.1) is 11.8 Å². The molecule has 1 nitrogen and oxygen atoms in total. The highest BCUT2D eigenvalue weighted by Gasteiger charge is 2.31. The van der Waals surface area contributed by atoms with Crippen molar-refractivity contribution in [1.82, 2.24) is 5.32 Å². The van der Waals surface area contributed by atoms with Gasteiger partial charge in [0.2, 0.25) is 0 Å². The summed E-state index contributed by atoms with van der Waals surface area (Å²) in [7, 11) is 0. The number of nitrogens with one attached hydrogen (secondary N) is 1. The van der Waals surface area contributed by atoms with E-state index >= 15 is 0 Å². The van der Waals surface area contributed by atoms with Crippen LogP contribution in [-0.4, -0.2) is 19.5 Å². The average molecular weight is 149 g/mol. The minimum Gasteiger partial charge on any atom is -0.311 e. The molecule has 0 radical (unpaired) electrons. The topological polar surface area (TPSA) is 12.0 Å². The van der Waals surface area contributed by atoms with Crippen molar-refractivity contribution in [3.8, 4) is 0 Å². The van der Waals surface area contributed by atoms with E-state index in [9.17, 15) is 8.78 Å². The molecule has 0 aromatic rings. The molecule has 10 heavy (non-hydrogen) atoms. The van der Waals surface area contributed by atoms with E-state index in [1.54, 1.807) is 0 Å². The molecule has 2 unspecified atom stereocenters. The molecule has 0 aromatic heterocycles. The molecule has 1 N–H and O–H groups in total. The second kappa shape index (κ2) is 3.28. The Balaban J connectivity index is 1.87. The zero-order chi connectivity index (χ0) is 7.56. The lowest BCUT2D eigenvalue weighted by Gasteiger charge is -2.00. The lowest BCUT2D eigenvalue weighted by molar-refractivity contribution is 0.145. The predicted octanol–water partition coefficient (Wildman–Crippen LogP) is 1.50. The molecule has 1 aliphatic rings. The Bertz CT molecular complexity index is 106. The van der Waals surface area contributed by atoms with Crippen LogP contribution in [0.5, 0.6) is 0 Å². The molecule has 1 aliphatic carbocycles. The lowest BCUT2D eigenvalue weighted by atomic mass is 10.3. The first-order valence-electron chi connectivity index (χ1n) is 3.69. The van der Waals surface area contributed by atoms with Crippen molar-refractivity contribution in [3.63, 3.8) is 0 Å². The molecule has 0 bridgehead atoms. The second-order valence-corrected chi connectivity index (χ2v) is 3.02. The molecule has 0 spiro atoms. The van der Waals surface area contributed by atoms with Gasteiger partial charge in [0.1, 0.15) is 0 Å². The van der Waals surface area contributed by atoms with Gasteiger partial charge in [0.05, 0.1) is 6.54 Å². The molecule has 1 rings (SSSR count). The Morgan fingerprint density at radius 3 is 2.60 bits per heavy atom. The molecule has 1 fully saturated rings. The molecule has 2 atom stereocenters. The lowest BCUT2D eigenvalue weighted by Crippen LogP contribution is -2.23. The smallest absolute Gasteiger partial charge is 0.250 e. The number of rotatable bonds is 4. The monoisotopic (exact) mass is 149 g/mol. The maximum Gasteiger partial charge on any atom is 0.250 e. The van der Waals surface area contributed by atoms with Gasteiger partial charge in [-0.1, -0.05) is 6.92 Å². The highest BCUT2D eigenvalue weighted by Crippen LogP contribution is 2.36. The second-order valence-electron chi connectivity index (χ2n) is 3.02. The fourth-order valence-corrected chi connectivity index (χ4v) is 1.06. The first-order chi connectivity index (χ1) is 4.70. The molecular weight excluding hydrogens is 136 g/mol. The van der Waals surface area contributed by atoms with E-state index in [1.807, 2.05) is 0 Å². The van der Waals surface area contributed by atoms with E-state index in [-0.39, 0.29) is 6.54 Å². The Kier molecular flexibility index (Phi) is 2.60. The third kappa shape index (κ3) is 2.60. The van der Waals surface area contributed by atoms with E-state index in [1.165, 1.54) is 6.42 Å². The number of alkyl halides is 2. The highest BCUT2D eigenvalue weighted by atomic mass is 19.3. The molecule has 0 saturated heterocycles. The summed E-state index contributed by atoms with van der Waals surface area (Å²) in [6, 6.07) is 0. The SMILES string of the molecule is CC1CC1CNCC(F)F. The van der Waals surface area contributed by atoms with Crippen molar-refractivity contribution < 1.29 is 8.78 Å². The summed E-state index contributed by atoms with van der Waals surface area (Å²) in [6.07, 6.45) is -0.995. The standard InChI is InChI=1S/C7H13F2N/c1-5-2-6(5)3-10-4-7(8)9/h5-7,10H,2-4H2,1H3. The molecule has 0 aliphatic heterocycles. The van der Waals surface area contributed by atoms with Crippen LogP contribution in [0.4, 0.5) is 8.78 Å². The first-order valence-corrected chi connectivity index (χ1v) is 3.69. The third-order valence-corrected chi connectivity index (χ3v) is 1.98. The van der Waals surface area contributed by atoms with Crippen LogP contribution in [0.2, 0.25) is 0 Å². The van der Waals surface area contributed by atoms with Gasteiger partial charge in [0.25, 0.3) is 6.43 Å². The first kappa shape index (κ1) is 7.92. The third-order valence-electron chi connectivity index (χ3n) is 1.98. The number of halogens is 2. The fraction of sp³-hybridized carbons (Fsp3) is 1.00. The minimum atomic E-state index is -2.20. The zero-order valence-corrected chi connectivity index (χ0v) is 6.11. The zero-order valence-electron chi connectivity index (χ0n) is 6.11. The summed E-state index contributed by atoms with van der Waals surface area (Å²) in [4.78, 5) is 0. The number of hydrogen-bond acceptors (Lipinski definition) is 1. The molecule has 1 saturated carbocycles. The maximum atomic E-state index is 11.5. The number of hydrogen-bond donors (Lipinski definition) is 1. The van der Waals surface area contributed by atoms with Crippen molar-refractivity contribution in [2.24, 2.45) is 11.8 Å². The van der Waals surface area contributed by atoms with Crippen LogP contribution in [0.25, 0.3) is 0 Å². The molecule has 0 aromatic carbocycles. The summed E-state index contributed by atoms with van der Waals surface area (Å²) in [5.74, 6) is 1.42. The van der Waals surface area contributed by atoms with Crippen molar-refractivity contribution >= 4 is 0 Å². The summed E-state index contributed by atoms with van der Waals surface area (Å²) in [5, 5.41) is 2.73. The summed E-state index contributed by atoms with van der Waals surface area (Å²) < 4.78 is 23.1. The Hall–Kier alpha value is -0.180. The van der Waals surface area contributed by atoms with Gasteiger partial charge in [-0.15, -0.1) is 0 Å². The summed E-state index contributed by atoms with van der Waals surface area (Å²) in [6.45, 7) is 2.77. The van der Waals surface area contributed by atoms with E-state index in [2.05, 4.69) is 12.2 Å². The van der Waals surface area contributed by atoms with Crippen molar-refractivity contribution in [2.75, 3.05) is 13.1 Å². The van der Waals surface area contributed by atoms with Crippen LogP contribution in [-0.2, 0) is 0 Å². The van der Waals surface area contributed by atoms with Gasteiger partial charge in [-0.2, -0.15) is 0 Å². The van der Waals surface area contributed by atoms with E-state index in [0.29, 0.717) is 5.92 Å². The van der Waals surface area contributed by atoms with Gasteiger partial charge in [-0.05, 0) is 24.8 Å². The van der Waals surface area contributed by atoms with Gasteiger partial charge in [0.15, 0.2) is 0 Å². The summed E-state index contributed by atoms with van der Waals surface area (Å²) >= 11 is 0. The van der Waals surface area contributed by atoms with Crippen molar-refractivity contribution in [3.05, 3.63) is 0 Å². The van der Waals surface area contributed by atoms with Gasteiger partial charge in [-0.25, -0.2) is 8.78 Å². The molecule has 0 amide bonds. The fourth-order valence-electron chi connectivity index (χ4n) is 1.06. The Morgan fingerprint density at radius 1 is 1.60 bits per heavy atom. The van der Waals surface area contributed by atoms with Gasteiger partial charge >= 0.3 is 0 Å². The molecule has 0 heterocycles. The molecule has 60 valence electrons. The van der Waals surface area contributed by atoms with Crippen LogP contribution < -0.4 is 5.32 Å². The Labute approximate surface area is 59.8 Å². The predicted molar refractivity (Wildman–Crippen MR) is 36.1 cm³/mol. The van der Waals surface area contributed by atoms with E-state index in [0.717, 1.165) is 12.5 Å². The van der Waals surface area contributed by atoms with E-state index < -0.39 is 6.43 Å². The quantitative estimate of drug-likeness (QED) is 0.638. The van der Waals surface area contributed by atoms with Crippen LogP contribution >= 0.6 is 0 Å². The van der Waals surface area contributed by atoms with Crippen LogP contribution in [0.3, 0.4) is 0 Å². The maximum absolute atomic E-state index is 11.5. The largest absolute Gasteiger partial charge is 0.311 e. The van der Waals surface area contributed by atoms with Gasteiger partial charge < -0.3 is 5.32 Å². The minimum absolute atomic E-state index is 0.150. The average Bonchev–Trinajstić information content (AvgIpc) is 2.46. The van der Waals surface area contributed by atoms with Crippen molar-refractivity contribution in [2.45, 2.75) is 19.8 Å². The van der Waals surface area contributed by atoms with Crippen molar-refractivity contribution in [1.29, 1.82) is 0 Å². The highest BCUT2D eigenvalue weighted by molar-refractivity contribution is 4.83. The van der Waals surface area contributed by atoms with E-state index in [4.69, 9.17) is 0 Å². The van der Waals surface area contributed by atoms with Gasteiger partial charge in [-0.3, -0.25) is 0 Å². The van der Waals surface area contributed by atoms with Gasteiger partial charge in [0, 0.05) is 0 Å². The molecular formula is C7H13F2N. The Morgan fingerprint density at radius 2 is 2.20 bits per heavy atom. The van der Waals surface area contributed by atoms with Crippen LogP contribution in [0.1, 0.15) is 13.3 Å². The summed E-state index contributed by atoms with van der Waals surface area (Å²) in [5.41, 5.74) is 0. The molecule has 3 heteroatoms.